The van der Waals surface area contributed by atoms with Crippen LogP contribution in [0.1, 0.15) is 32.4 Å². The van der Waals surface area contributed by atoms with Crippen LogP contribution in [-0.4, -0.2) is 10.8 Å². The molecule has 0 fully saturated rings. The second kappa shape index (κ2) is 5.86. The van der Waals surface area contributed by atoms with Gasteiger partial charge >= 0.3 is 0 Å². The molecule has 0 N–H and O–H groups in total. The van der Waals surface area contributed by atoms with Crippen molar-refractivity contribution >= 4 is 16.8 Å². The fourth-order valence-corrected chi connectivity index (χ4v) is 2.21. The van der Waals surface area contributed by atoms with E-state index in [9.17, 15) is 0 Å². The monoisotopic (exact) mass is 207 g/mol. The molecule has 2 rings (SSSR count). The normalized spacial score (nSPS) is 19.6. The zero-order chi connectivity index (χ0) is 10.4. The summed E-state index contributed by atoms with van der Waals surface area (Å²) in [5.74, 6) is 1.11. The minimum atomic E-state index is 0.399. The average Bonchev–Trinajstić information content (AvgIpc) is 2.69. The number of hydrogen-bond donors (Lipinski definition) is 0. The molecule has 0 aliphatic carbocycles. The molecule has 0 aromatic heterocycles. The molecular weight excluding hydrogens is 190 g/mol. The number of thioether (sulfide) groups is 1. The molecule has 0 spiro atoms. The van der Waals surface area contributed by atoms with Crippen molar-refractivity contribution in [3.05, 3.63) is 35.9 Å². The van der Waals surface area contributed by atoms with E-state index >= 15 is 0 Å². The third kappa shape index (κ3) is 2.88. The van der Waals surface area contributed by atoms with Crippen LogP contribution in [0.4, 0.5) is 0 Å². The van der Waals surface area contributed by atoms with Gasteiger partial charge in [0.05, 0.1) is 11.1 Å². The number of benzene rings is 1. The summed E-state index contributed by atoms with van der Waals surface area (Å²) < 4.78 is 0. The Morgan fingerprint density at radius 3 is 2.36 bits per heavy atom. The zero-order valence-corrected chi connectivity index (χ0v) is 9.84. The fraction of sp³-hybridized carbons (Fsp3) is 0.417. The highest BCUT2D eigenvalue weighted by Gasteiger charge is 2.16. The van der Waals surface area contributed by atoms with E-state index in [1.807, 2.05) is 31.7 Å². The number of rotatable bonds is 1. The molecule has 0 amide bonds. The van der Waals surface area contributed by atoms with E-state index in [4.69, 9.17) is 0 Å². The summed E-state index contributed by atoms with van der Waals surface area (Å²) in [5, 5.41) is 1.21. The van der Waals surface area contributed by atoms with Gasteiger partial charge in [0, 0.05) is 5.75 Å². The molecule has 0 radical (unpaired) electrons. The Morgan fingerprint density at radius 1 is 1.21 bits per heavy atom. The molecule has 1 atom stereocenters. The quantitative estimate of drug-likeness (QED) is 0.680. The molecule has 14 heavy (non-hydrogen) atoms. The van der Waals surface area contributed by atoms with Gasteiger partial charge in [-0.25, -0.2) is 0 Å². The van der Waals surface area contributed by atoms with Crippen LogP contribution in [0.15, 0.2) is 35.3 Å². The lowest BCUT2D eigenvalue weighted by molar-refractivity contribution is 0.849. The summed E-state index contributed by atoms with van der Waals surface area (Å²) in [7, 11) is 0. The molecule has 0 saturated heterocycles. The summed E-state index contributed by atoms with van der Waals surface area (Å²) in [4.78, 5) is 4.54. The van der Waals surface area contributed by atoms with Crippen molar-refractivity contribution < 1.29 is 0 Å². The molecule has 1 unspecified atom stereocenters. The first kappa shape index (κ1) is 11.3. The van der Waals surface area contributed by atoms with Crippen LogP contribution in [0.25, 0.3) is 0 Å². The maximum Gasteiger partial charge on any atom is 0.0852 e. The molecule has 0 bridgehead atoms. The van der Waals surface area contributed by atoms with E-state index in [2.05, 4.69) is 36.2 Å². The summed E-state index contributed by atoms with van der Waals surface area (Å²) >= 11 is 1.85. The van der Waals surface area contributed by atoms with E-state index < -0.39 is 0 Å². The molecule has 0 saturated carbocycles. The Balaban J connectivity index is 0.000000461. The topological polar surface area (TPSA) is 12.4 Å². The van der Waals surface area contributed by atoms with Crippen LogP contribution in [0.3, 0.4) is 0 Å². The third-order valence-electron chi connectivity index (χ3n) is 1.97. The SMILES string of the molecule is CC.CC1=NC(c2ccccc2)CS1. The van der Waals surface area contributed by atoms with Crippen LogP contribution < -0.4 is 0 Å². The van der Waals surface area contributed by atoms with Crippen molar-refractivity contribution in [3.8, 4) is 0 Å². The maximum absolute atomic E-state index is 4.54. The van der Waals surface area contributed by atoms with E-state index in [0.29, 0.717) is 6.04 Å². The van der Waals surface area contributed by atoms with Crippen molar-refractivity contribution in [2.24, 2.45) is 4.99 Å². The molecule has 1 aromatic rings. The summed E-state index contributed by atoms with van der Waals surface area (Å²) in [6.07, 6.45) is 0. The Morgan fingerprint density at radius 2 is 1.86 bits per heavy atom. The van der Waals surface area contributed by atoms with E-state index in [1.54, 1.807) is 0 Å². The molecule has 2 heteroatoms. The number of nitrogens with zero attached hydrogens (tertiary/aromatic N) is 1. The summed E-state index contributed by atoms with van der Waals surface area (Å²) in [6, 6.07) is 10.9. The van der Waals surface area contributed by atoms with Gasteiger partial charge in [-0.3, -0.25) is 4.99 Å². The van der Waals surface area contributed by atoms with Gasteiger partial charge < -0.3 is 0 Å². The van der Waals surface area contributed by atoms with Gasteiger partial charge in [0.1, 0.15) is 0 Å². The molecule has 76 valence electrons. The lowest BCUT2D eigenvalue weighted by atomic mass is 10.1. The van der Waals surface area contributed by atoms with Gasteiger partial charge in [0.2, 0.25) is 0 Å². The first-order chi connectivity index (χ1) is 6.86. The largest absolute Gasteiger partial charge is 0.274 e. The van der Waals surface area contributed by atoms with E-state index in [0.717, 1.165) is 5.75 Å². The smallest absolute Gasteiger partial charge is 0.0852 e. The van der Waals surface area contributed by atoms with Gasteiger partial charge in [-0.15, -0.1) is 11.8 Å². The lowest BCUT2D eigenvalue weighted by Gasteiger charge is -2.04. The van der Waals surface area contributed by atoms with Gasteiger partial charge in [0.25, 0.3) is 0 Å². The minimum absolute atomic E-state index is 0.399. The molecule has 1 nitrogen and oxygen atoms in total. The van der Waals surface area contributed by atoms with Crippen LogP contribution >= 0.6 is 11.8 Å². The second-order valence-corrected chi connectivity index (χ2v) is 4.10. The van der Waals surface area contributed by atoms with Gasteiger partial charge in [-0.1, -0.05) is 44.2 Å². The second-order valence-electron chi connectivity index (χ2n) is 2.89. The lowest BCUT2D eigenvalue weighted by Crippen LogP contribution is -1.92. The van der Waals surface area contributed by atoms with Crippen molar-refractivity contribution in [1.82, 2.24) is 0 Å². The van der Waals surface area contributed by atoms with E-state index in [-0.39, 0.29) is 0 Å². The standard InChI is InChI=1S/C10H11NS.C2H6/c1-8-11-10(7-12-8)9-5-3-2-4-6-9;1-2/h2-6,10H,7H2,1H3;1-2H3. The molecule has 1 aromatic carbocycles. The van der Waals surface area contributed by atoms with Gasteiger partial charge in [-0.05, 0) is 12.5 Å². The predicted octanol–water partition coefficient (Wildman–Crippen LogP) is 3.92. The van der Waals surface area contributed by atoms with Crippen molar-refractivity contribution in [3.63, 3.8) is 0 Å². The Labute approximate surface area is 90.6 Å². The zero-order valence-electron chi connectivity index (χ0n) is 9.03. The Bertz CT molecular complexity index is 292. The van der Waals surface area contributed by atoms with Crippen molar-refractivity contribution in [2.75, 3.05) is 5.75 Å². The maximum atomic E-state index is 4.54. The van der Waals surface area contributed by atoms with Crippen LogP contribution in [0.2, 0.25) is 0 Å². The van der Waals surface area contributed by atoms with E-state index in [1.165, 1.54) is 10.6 Å². The molecule has 1 aliphatic heterocycles. The number of hydrogen-bond acceptors (Lipinski definition) is 2. The first-order valence-electron chi connectivity index (χ1n) is 5.08. The molecule has 1 heterocycles. The molecular formula is C12H17NS. The van der Waals surface area contributed by atoms with Crippen LogP contribution in [-0.2, 0) is 0 Å². The minimum Gasteiger partial charge on any atom is -0.274 e. The third-order valence-corrected chi connectivity index (χ3v) is 2.98. The van der Waals surface area contributed by atoms with Crippen molar-refractivity contribution in [1.29, 1.82) is 0 Å². The first-order valence-corrected chi connectivity index (χ1v) is 6.07. The highest BCUT2D eigenvalue weighted by Crippen LogP contribution is 2.29. The van der Waals surface area contributed by atoms with Gasteiger partial charge in [0.15, 0.2) is 0 Å². The fourth-order valence-electron chi connectivity index (χ4n) is 1.34. The predicted molar refractivity (Wildman–Crippen MR) is 66.1 cm³/mol. The number of aliphatic imine (C=N–C) groups is 1. The average molecular weight is 207 g/mol. The Kier molecular flexibility index (Phi) is 4.74. The van der Waals surface area contributed by atoms with Crippen molar-refractivity contribution in [2.45, 2.75) is 26.8 Å². The Hall–Kier alpha value is -0.760. The van der Waals surface area contributed by atoms with Gasteiger partial charge in [-0.2, -0.15) is 0 Å². The highest BCUT2D eigenvalue weighted by molar-refractivity contribution is 8.14. The highest BCUT2D eigenvalue weighted by atomic mass is 32.2. The van der Waals surface area contributed by atoms with Crippen LogP contribution in [0, 0.1) is 0 Å². The summed E-state index contributed by atoms with van der Waals surface area (Å²) in [6.45, 7) is 6.08. The molecule has 1 aliphatic rings. The summed E-state index contributed by atoms with van der Waals surface area (Å²) in [5.41, 5.74) is 1.34. The van der Waals surface area contributed by atoms with Crippen LogP contribution in [0.5, 0.6) is 0 Å².